The summed E-state index contributed by atoms with van der Waals surface area (Å²) in [5.74, 6) is 1.96. The highest BCUT2D eigenvalue weighted by molar-refractivity contribution is 6.35. The number of carbonyl (C=O) groups excluding carboxylic acids is 1. The van der Waals surface area contributed by atoms with Crippen LogP contribution in [0.3, 0.4) is 0 Å². The molecule has 1 heterocycles. The highest BCUT2D eigenvalue weighted by atomic mass is 35.5. The van der Waals surface area contributed by atoms with Gasteiger partial charge in [-0.25, -0.2) is 4.79 Å². The summed E-state index contributed by atoms with van der Waals surface area (Å²) < 4.78 is 5.36. The van der Waals surface area contributed by atoms with E-state index in [9.17, 15) is 9.90 Å². The van der Waals surface area contributed by atoms with Crippen LogP contribution in [-0.2, 0) is 10.2 Å². The lowest BCUT2D eigenvalue weighted by Crippen LogP contribution is -2.51. The number of aliphatic hydroxyl groups excluding tert-OH is 1. The number of aliphatic hydroxyl groups is 1. The van der Waals surface area contributed by atoms with Gasteiger partial charge in [-0.05, 0) is 97.8 Å². The molecular weight excluding hydrogens is 569 g/mol. The van der Waals surface area contributed by atoms with Crippen LogP contribution in [0.15, 0.2) is 60.4 Å². The van der Waals surface area contributed by atoms with Gasteiger partial charge in [-0.2, -0.15) is 0 Å². The number of piperidine rings is 1. The number of carbonyl (C=O) groups is 1. The molecule has 4 aliphatic rings. The summed E-state index contributed by atoms with van der Waals surface area (Å²) in [6.07, 6.45) is 11.6. The maximum absolute atomic E-state index is 13.2. The zero-order chi connectivity index (χ0) is 29.3. The van der Waals surface area contributed by atoms with E-state index in [2.05, 4.69) is 40.6 Å². The van der Waals surface area contributed by atoms with Gasteiger partial charge in [0.1, 0.15) is 11.9 Å². The van der Waals surface area contributed by atoms with Crippen molar-refractivity contribution in [1.29, 1.82) is 0 Å². The summed E-state index contributed by atoms with van der Waals surface area (Å²) in [5, 5.41) is 14.4. The number of methoxy groups -OCH3 is 1. The molecule has 3 aliphatic carbocycles. The Balaban J connectivity index is 1.20. The van der Waals surface area contributed by atoms with E-state index in [-0.39, 0.29) is 23.3 Å². The van der Waals surface area contributed by atoms with E-state index in [1.807, 2.05) is 11.0 Å². The zero-order valence-electron chi connectivity index (χ0n) is 24.3. The summed E-state index contributed by atoms with van der Waals surface area (Å²) in [4.78, 5) is 17.9. The van der Waals surface area contributed by atoms with Crippen molar-refractivity contribution in [3.8, 4) is 0 Å². The van der Waals surface area contributed by atoms with Crippen molar-refractivity contribution in [2.24, 2.45) is 11.8 Å². The first-order valence-electron chi connectivity index (χ1n) is 15.3. The van der Waals surface area contributed by atoms with Gasteiger partial charge in [0.15, 0.2) is 0 Å². The van der Waals surface area contributed by atoms with Crippen molar-refractivity contribution < 1.29 is 14.6 Å². The molecule has 2 saturated carbocycles. The molecule has 8 heteroatoms. The third-order valence-corrected chi connectivity index (χ3v) is 9.81. The molecule has 0 radical (unpaired) electrons. The van der Waals surface area contributed by atoms with E-state index in [4.69, 9.17) is 27.9 Å². The van der Waals surface area contributed by atoms with Gasteiger partial charge in [0.05, 0.1) is 0 Å². The SMILES string of the molecule is COC1CC=C(c2ccc(C3(CN(CC4CC4)CC4CC4)CCN(C(=O)Nc4cc(Cl)cc(Cl)c4)CC3)cc2)C=C1O. The number of hydrogen-bond acceptors (Lipinski definition) is 4. The number of anilines is 1. The lowest BCUT2D eigenvalue weighted by molar-refractivity contribution is 0.0947. The Morgan fingerprint density at radius 2 is 1.64 bits per heavy atom. The largest absolute Gasteiger partial charge is 0.510 e. The molecule has 2 aromatic carbocycles. The molecule has 0 spiro atoms. The normalized spacial score (nSPS) is 22.1. The standard InChI is InChI=1S/C34H41Cl2N3O3/c1-42-32-11-8-26(16-31(32)40)25-6-9-27(10-7-25)34(22-38(20-23-2-3-23)21-24-4-5-24)12-14-39(15-13-34)33(41)37-30-18-28(35)17-29(36)19-30/h6-10,16-19,23-24,32,40H,2-5,11-15,20-22H2,1H3,(H,37,41). The van der Waals surface area contributed by atoms with Gasteiger partial charge in [0, 0.05) is 61.0 Å². The highest BCUT2D eigenvalue weighted by Crippen LogP contribution is 2.41. The van der Waals surface area contributed by atoms with Gasteiger partial charge >= 0.3 is 6.03 Å². The second-order valence-electron chi connectivity index (χ2n) is 12.7. The third-order valence-electron chi connectivity index (χ3n) is 9.37. The molecule has 2 N–H and O–H groups in total. The van der Waals surface area contributed by atoms with Gasteiger partial charge in [-0.15, -0.1) is 0 Å². The Morgan fingerprint density at radius 3 is 2.19 bits per heavy atom. The Morgan fingerprint density at radius 1 is 1.02 bits per heavy atom. The van der Waals surface area contributed by atoms with Crippen molar-refractivity contribution in [3.63, 3.8) is 0 Å². The van der Waals surface area contributed by atoms with E-state index in [1.165, 1.54) is 44.3 Å². The number of benzene rings is 2. The van der Waals surface area contributed by atoms with Crippen molar-refractivity contribution in [3.05, 3.63) is 81.5 Å². The Bertz CT molecular complexity index is 1310. The van der Waals surface area contributed by atoms with Crippen LogP contribution in [0.4, 0.5) is 10.5 Å². The Labute approximate surface area is 259 Å². The fourth-order valence-corrected chi connectivity index (χ4v) is 7.09. The summed E-state index contributed by atoms with van der Waals surface area (Å²) in [5.41, 5.74) is 4.04. The first-order valence-corrected chi connectivity index (χ1v) is 16.0. The summed E-state index contributed by atoms with van der Waals surface area (Å²) in [6, 6.07) is 13.9. The van der Waals surface area contributed by atoms with Gasteiger partial charge < -0.3 is 25.0 Å². The average molecular weight is 611 g/mol. The molecule has 0 aromatic heterocycles. The van der Waals surface area contributed by atoms with E-state index in [1.54, 1.807) is 25.3 Å². The minimum Gasteiger partial charge on any atom is -0.510 e. The molecular formula is C34H41Cl2N3O3. The Hall–Kier alpha value is -2.51. The lowest BCUT2D eigenvalue weighted by atomic mass is 9.72. The maximum Gasteiger partial charge on any atom is 0.321 e. The molecule has 42 heavy (non-hydrogen) atoms. The topological polar surface area (TPSA) is 65.0 Å². The van der Waals surface area contributed by atoms with Crippen LogP contribution < -0.4 is 5.32 Å². The highest BCUT2D eigenvalue weighted by Gasteiger charge is 2.41. The van der Waals surface area contributed by atoms with Crippen molar-refractivity contribution in [2.45, 2.75) is 56.5 Å². The number of urea groups is 1. The van der Waals surface area contributed by atoms with Crippen LogP contribution in [0, 0.1) is 11.8 Å². The fourth-order valence-electron chi connectivity index (χ4n) is 6.57. The quantitative estimate of drug-likeness (QED) is 0.287. The number of nitrogens with one attached hydrogen (secondary N) is 1. The number of amides is 2. The summed E-state index contributed by atoms with van der Waals surface area (Å²) >= 11 is 12.3. The van der Waals surface area contributed by atoms with Crippen LogP contribution in [-0.4, -0.2) is 66.9 Å². The number of nitrogens with zero attached hydrogens (tertiary/aromatic N) is 2. The molecule has 1 saturated heterocycles. The van der Waals surface area contributed by atoms with Crippen molar-refractivity contribution in [1.82, 2.24) is 9.80 Å². The van der Waals surface area contributed by atoms with Crippen molar-refractivity contribution in [2.75, 3.05) is 45.2 Å². The predicted molar refractivity (Wildman–Crippen MR) is 170 cm³/mol. The Kier molecular flexibility index (Phi) is 8.88. The smallest absolute Gasteiger partial charge is 0.321 e. The lowest BCUT2D eigenvalue weighted by Gasteiger charge is -2.45. The number of allylic oxidation sites excluding steroid dienone is 2. The van der Waals surface area contributed by atoms with Crippen LogP contribution in [0.25, 0.3) is 5.57 Å². The van der Waals surface area contributed by atoms with Gasteiger partial charge in [-0.1, -0.05) is 53.5 Å². The average Bonchev–Trinajstić information content (AvgIpc) is 3.91. The van der Waals surface area contributed by atoms with Crippen LogP contribution >= 0.6 is 23.2 Å². The number of ether oxygens (including phenoxy) is 1. The molecule has 2 aromatic rings. The van der Waals surface area contributed by atoms with E-state index < -0.39 is 0 Å². The molecule has 6 rings (SSSR count). The van der Waals surface area contributed by atoms with E-state index in [0.29, 0.717) is 35.2 Å². The first kappa shape index (κ1) is 29.6. The minimum absolute atomic E-state index is 0.0292. The second-order valence-corrected chi connectivity index (χ2v) is 13.6. The second kappa shape index (κ2) is 12.6. The molecule has 1 aliphatic heterocycles. The molecule has 2 amide bonds. The minimum atomic E-state index is -0.265. The molecule has 0 bridgehead atoms. The van der Waals surface area contributed by atoms with Gasteiger partial charge in [0.25, 0.3) is 0 Å². The van der Waals surface area contributed by atoms with Crippen LogP contribution in [0.1, 0.15) is 56.1 Å². The molecule has 1 unspecified atom stereocenters. The maximum atomic E-state index is 13.2. The zero-order valence-corrected chi connectivity index (χ0v) is 25.8. The van der Waals surface area contributed by atoms with Crippen molar-refractivity contribution >= 4 is 40.5 Å². The number of likely N-dealkylation sites (tertiary alicyclic amines) is 1. The van der Waals surface area contributed by atoms with Crippen LogP contribution in [0.5, 0.6) is 0 Å². The van der Waals surface area contributed by atoms with E-state index >= 15 is 0 Å². The predicted octanol–water partition coefficient (Wildman–Crippen LogP) is 7.93. The molecule has 1 atom stereocenters. The molecule has 3 fully saturated rings. The summed E-state index contributed by atoms with van der Waals surface area (Å²) in [7, 11) is 1.62. The van der Waals surface area contributed by atoms with E-state index in [0.717, 1.165) is 42.4 Å². The van der Waals surface area contributed by atoms with Crippen LogP contribution in [0.2, 0.25) is 10.0 Å². The number of hydrogen-bond donors (Lipinski definition) is 2. The molecule has 6 nitrogen and oxygen atoms in total. The van der Waals surface area contributed by atoms with Gasteiger partial charge in [-0.3, -0.25) is 0 Å². The fraction of sp³-hybridized carbons (Fsp3) is 0.500. The monoisotopic (exact) mass is 609 g/mol. The first-order chi connectivity index (χ1) is 20.3. The number of rotatable bonds is 10. The molecule has 224 valence electrons. The number of halogens is 2. The van der Waals surface area contributed by atoms with Gasteiger partial charge in [0.2, 0.25) is 0 Å². The third kappa shape index (κ3) is 7.16. The summed E-state index contributed by atoms with van der Waals surface area (Å²) in [6.45, 7) is 4.77.